The number of halogens is 2. The second kappa shape index (κ2) is 5.83. The number of carbonyl (C=O) groups excluding carboxylic acids is 1. The van der Waals surface area contributed by atoms with E-state index in [1.165, 1.54) is 18.9 Å². The first kappa shape index (κ1) is 13.5. The van der Waals surface area contributed by atoms with E-state index in [9.17, 15) is 9.18 Å². The highest BCUT2D eigenvalue weighted by molar-refractivity contribution is 9.10. The van der Waals surface area contributed by atoms with Crippen LogP contribution in [0.25, 0.3) is 0 Å². The van der Waals surface area contributed by atoms with E-state index in [1.807, 2.05) is 11.8 Å². The molecule has 0 bridgehead atoms. The summed E-state index contributed by atoms with van der Waals surface area (Å²) in [6.45, 7) is 2.66. The zero-order chi connectivity index (χ0) is 13.1. The van der Waals surface area contributed by atoms with Gasteiger partial charge in [-0.3, -0.25) is 4.79 Å². The van der Waals surface area contributed by atoms with Gasteiger partial charge in [0.2, 0.25) is 0 Å². The molecule has 0 spiro atoms. The summed E-state index contributed by atoms with van der Waals surface area (Å²) in [5, 5.41) is 0. The fourth-order valence-corrected chi connectivity index (χ4v) is 2.83. The molecule has 0 atom stereocenters. The third-order valence-electron chi connectivity index (χ3n) is 3.53. The Kier molecular flexibility index (Phi) is 4.38. The van der Waals surface area contributed by atoms with Crippen molar-refractivity contribution in [2.24, 2.45) is 0 Å². The summed E-state index contributed by atoms with van der Waals surface area (Å²) >= 11 is 3.10. The van der Waals surface area contributed by atoms with Crippen molar-refractivity contribution in [2.45, 2.75) is 38.6 Å². The van der Waals surface area contributed by atoms with Gasteiger partial charge in [-0.2, -0.15) is 0 Å². The Labute approximate surface area is 115 Å². The zero-order valence-corrected chi connectivity index (χ0v) is 12.0. The third-order valence-corrected chi connectivity index (χ3v) is 4.18. The van der Waals surface area contributed by atoms with Gasteiger partial charge in [-0.1, -0.05) is 12.8 Å². The first-order valence-electron chi connectivity index (χ1n) is 6.39. The summed E-state index contributed by atoms with van der Waals surface area (Å²) in [5.74, 6) is -0.445. The van der Waals surface area contributed by atoms with Crippen molar-refractivity contribution in [3.05, 3.63) is 34.1 Å². The summed E-state index contributed by atoms with van der Waals surface area (Å²) in [4.78, 5) is 14.2. The van der Waals surface area contributed by atoms with Gasteiger partial charge in [-0.25, -0.2) is 4.39 Å². The van der Waals surface area contributed by atoms with Crippen LogP contribution in [0, 0.1) is 5.82 Å². The van der Waals surface area contributed by atoms with Crippen molar-refractivity contribution >= 4 is 21.8 Å². The lowest BCUT2D eigenvalue weighted by Crippen LogP contribution is -2.38. The molecule has 1 amide bonds. The van der Waals surface area contributed by atoms with E-state index >= 15 is 0 Å². The van der Waals surface area contributed by atoms with Gasteiger partial charge in [-0.15, -0.1) is 0 Å². The number of hydrogen-bond acceptors (Lipinski definition) is 1. The molecule has 0 aliphatic heterocycles. The molecule has 1 aromatic carbocycles. The quantitative estimate of drug-likeness (QED) is 0.826. The summed E-state index contributed by atoms with van der Waals surface area (Å²) in [6, 6.07) is 4.90. The van der Waals surface area contributed by atoms with E-state index in [-0.39, 0.29) is 11.7 Å². The Balaban J connectivity index is 2.19. The minimum Gasteiger partial charge on any atom is -0.336 e. The third kappa shape index (κ3) is 2.74. The Morgan fingerprint density at radius 3 is 2.67 bits per heavy atom. The lowest BCUT2D eigenvalue weighted by Gasteiger charge is -2.27. The fraction of sp³-hybridized carbons (Fsp3) is 0.500. The average Bonchev–Trinajstić information content (AvgIpc) is 2.87. The maximum absolute atomic E-state index is 13.5. The van der Waals surface area contributed by atoms with Crippen LogP contribution in [0.15, 0.2) is 22.7 Å². The number of nitrogens with zero attached hydrogens (tertiary/aromatic N) is 1. The van der Waals surface area contributed by atoms with Gasteiger partial charge in [-0.05, 0) is 53.9 Å². The number of carbonyl (C=O) groups is 1. The number of amides is 1. The van der Waals surface area contributed by atoms with Crippen LogP contribution >= 0.6 is 15.9 Å². The molecule has 0 unspecified atom stereocenters. The lowest BCUT2D eigenvalue weighted by molar-refractivity contribution is 0.0693. The highest BCUT2D eigenvalue weighted by Gasteiger charge is 2.26. The summed E-state index contributed by atoms with van der Waals surface area (Å²) in [5.41, 5.74) is 0.435. The standard InChI is InChI=1S/C14H17BrFNO/c1-2-17(11-5-3-4-6-11)14(18)10-7-8-12(15)13(16)9-10/h7-9,11H,2-6H2,1H3. The van der Waals surface area contributed by atoms with Crippen LogP contribution in [-0.4, -0.2) is 23.4 Å². The zero-order valence-electron chi connectivity index (χ0n) is 10.5. The van der Waals surface area contributed by atoms with Gasteiger partial charge in [0.1, 0.15) is 5.82 Å². The molecule has 2 rings (SSSR count). The van der Waals surface area contributed by atoms with Crippen molar-refractivity contribution in [2.75, 3.05) is 6.54 Å². The predicted octanol–water partition coefficient (Wildman–Crippen LogP) is 3.99. The van der Waals surface area contributed by atoms with E-state index in [2.05, 4.69) is 15.9 Å². The minimum absolute atomic E-state index is 0.0594. The Morgan fingerprint density at radius 1 is 1.44 bits per heavy atom. The van der Waals surface area contributed by atoms with Crippen LogP contribution in [0.1, 0.15) is 43.0 Å². The van der Waals surface area contributed by atoms with Crippen molar-refractivity contribution < 1.29 is 9.18 Å². The first-order valence-corrected chi connectivity index (χ1v) is 7.18. The molecule has 1 saturated carbocycles. The second-order valence-electron chi connectivity index (χ2n) is 4.66. The molecule has 98 valence electrons. The van der Waals surface area contributed by atoms with E-state index < -0.39 is 0 Å². The Bertz CT molecular complexity index is 443. The van der Waals surface area contributed by atoms with Crippen LogP contribution in [-0.2, 0) is 0 Å². The molecule has 18 heavy (non-hydrogen) atoms. The molecule has 0 heterocycles. The summed E-state index contributed by atoms with van der Waals surface area (Å²) in [6.07, 6.45) is 4.50. The van der Waals surface area contributed by atoms with E-state index in [1.54, 1.807) is 12.1 Å². The smallest absolute Gasteiger partial charge is 0.254 e. The van der Waals surface area contributed by atoms with Crippen LogP contribution in [0.4, 0.5) is 4.39 Å². The van der Waals surface area contributed by atoms with Crippen molar-refractivity contribution in [3.8, 4) is 0 Å². The van der Waals surface area contributed by atoms with Crippen molar-refractivity contribution in [1.29, 1.82) is 0 Å². The first-order chi connectivity index (χ1) is 8.63. The maximum atomic E-state index is 13.5. The molecule has 0 aromatic heterocycles. The Hall–Kier alpha value is -0.900. The molecule has 1 fully saturated rings. The number of benzene rings is 1. The van der Waals surface area contributed by atoms with Gasteiger partial charge < -0.3 is 4.90 Å². The van der Waals surface area contributed by atoms with Gasteiger partial charge in [0.25, 0.3) is 5.91 Å². The van der Waals surface area contributed by atoms with E-state index in [4.69, 9.17) is 0 Å². The second-order valence-corrected chi connectivity index (χ2v) is 5.51. The SMILES string of the molecule is CCN(C(=O)c1ccc(Br)c(F)c1)C1CCCC1. The maximum Gasteiger partial charge on any atom is 0.254 e. The fourth-order valence-electron chi connectivity index (χ4n) is 2.58. The minimum atomic E-state index is -0.386. The van der Waals surface area contributed by atoms with Crippen LogP contribution in [0.2, 0.25) is 0 Å². The van der Waals surface area contributed by atoms with Gasteiger partial charge in [0, 0.05) is 18.2 Å². The predicted molar refractivity (Wildman–Crippen MR) is 73.1 cm³/mol. The lowest BCUT2D eigenvalue weighted by atomic mass is 10.1. The van der Waals surface area contributed by atoms with Crippen LogP contribution in [0.3, 0.4) is 0 Å². The topological polar surface area (TPSA) is 20.3 Å². The Morgan fingerprint density at radius 2 is 2.11 bits per heavy atom. The molecule has 4 heteroatoms. The van der Waals surface area contributed by atoms with Crippen LogP contribution < -0.4 is 0 Å². The van der Waals surface area contributed by atoms with Gasteiger partial charge in [0.15, 0.2) is 0 Å². The molecular formula is C14H17BrFNO. The molecule has 0 saturated heterocycles. The monoisotopic (exact) mass is 313 g/mol. The van der Waals surface area contributed by atoms with Crippen molar-refractivity contribution in [1.82, 2.24) is 4.90 Å². The van der Waals surface area contributed by atoms with E-state index in [0.29, 0.717) is 22.6 Å². The van der Waals surface area contributed by atoms with Gasteiger partial charge in [0.05, 0.1) is 4.47 Å². The van der Waals surface area contributed by atoms with Crippen molar-refractivity contribution in [3.63, 3.8) is 0 Å². The average molecular weight is 314 g/mol. The molecule has 0 radical (unpaired) electrons. The summed E-state index contributed by atoms with van der Waals surface area (Å²) in [7, 11) is 0. The molecule has 1 aromatic rings. The molecule has 1 aliphatic carbocycles. The largest absolute Gasteiger partial charge is 0.336 e. The number of hydrogen-bond donors (Lipinski definition) is 0. The van der Waals surface area contributed by atoms with Crippen LogP contribution in [0.5, 0.6) is 0 Å². The van der Waals surface area contributed by atoms with E-state index in [0.717, 1.165) is 12.8 Å². The highest BCUT2D eigenvalue weighted by atomic mass is 79.9. The molecular weight excluding hydrogens is 297 g/mol. The normalized spacial score (nSPS) is 15.9. The highest BCUT2D eigenvalue weighted by Crippen LogP contribution is 2.25. The molecule has 0 N–H and O–H groups in total. The molecule has 1 aliphatic rings. The van der Waals surface area contributed by atoms with Gasteiger partial charge >= 0.3 is 0 Å². The number of rotatable bonds is 3. The summed E-state index contributed by atoms with van der Waals surface area (Å²) < 4.78 is 13.9. The molecule has 2 nitrogen and oxygen atoms in total.